The molecule has 1 aliphatic rings. The van der Waals surface area contributed by atoms with Crippen molar-refractivity contribution in [1.82, 2.24) is 14.9 Å². The number of nitrogens with two attached hydrogens (primary N) is 1. The minimum atomic E-state index is 0. The van der Waals surface area contributed by atoms with Crippen molar-refractivity contribution in [3.05, 3.63) is 39.3 Å². The van der Waals surface area contributed by atoms with Crippen LogP contribution < -0.4 is 10.6 Å². The Morgan fingerprint density at radius 2 is 1.91 bits per heavy atom. The van der Waals surface area contributed by atoms with Crippen molar-refractivity contribution in [2.75, 3.05) is 31.1 Å². The summed E-state index contributed by atoms with van der Waals surface area (Å²) in [5.74, 6) is 1.39. The van der Waals surface area contributed by atoms with Gasteiger partial charge < -0.3 is 15.5 Å². The average Bonchev–Trinajstić information content (AvgIpc) is 2.99. The minimum absolute atomic E-state index is 0. The molecule has 0 spiro atoms. The lowest BCUT2D eigenvalue weighted by Crippen LogP contribution is -2.51. The molecule has 0 unspecified atom stereocenters. The molecule has 23 heavy (non-hydrogen) atoms. The maximum Gasteiger partial charge on any atom is 0.225 e. The number of aliphatic imine (C=N–C) groups is 1. The first-order valence-electron chi connectivity index (χ1n) is 7.03. The largest absolute Gasteiger partial charge is 0.370 e. The normalized spacial score (nSPS) is 15.4. The van der Waals surface area contributed by atoms with Gasteiger partial charge in [0, 0.05) is 43.4 Å². The predicted octanol–water partition coefficient (Wildman–Crippen LogP) is 2.56. The monoisotopic (exact) mass is 508 g/mol. The number of halogens is 2. The minimum Gasteiger partial charge on any atom is -0.370 e. The first-order chi connectivity index (χ1) is 10.7. The Bertz CT molecular complexity index is 642. The van der Waals surface area contributed by atoms with Gasteiger partial charge >= 0.3 is 0 Å². The maximum atomic E-state index is 6.11. The summed E-state index contributed by atoms with van der Waals surface area (Å²) in [7, 11) is 0. The number of hydrogen-bond acceptors (Lipinski definition) is 5. The molecule has 1 saturated heterocycles. The highest BCUT2D eigenvalue weighted by Gasteiger charge is 2.19. The fraction of sp³-hybridized carbons (Fsp3) is 0.357. The van der Waals surface area contributed by atoms with Crippen molar-refractivity contribution in [3.63, 3.8) is 0 Å². The second-order valence-electron chi connectivity index (χ2n) is 4.90. The first-order valence-corrected chi connectivity index (χ1v) is 8.64. The summed E-state index contributed by atoms with van der Waals surface area (Å²) in [4.78, 5) is 18.5. The number of piperazine rings is 1. The fourth-order valence-corrected chi connectivity index (χ4v) is 3.69. The quantitative estimate of drug-likeness (QED) is 0.392. The SMILES string of the molecule is I.NC(=NCc1ccc(Br)s1)N1CCN(c2ncccn2)CC1. The van der Waals surface area contributed by atoms with E-state index < -0.39 is 0 Å². The number of rotatable bonds is 3. The van der Waals surface area contributed by atoms with Crippen LogP contribution >= 0.6 is 51.2 Å². The Labute approximate surface area is 165 Å². The molecule has 2 N–H and O–H groups in total. The van der Waals surface area contributed by atoms with Gasteiger partial charge in [0.1, 0.15) is 0 Å². The van der Waals surface area contributed by atoms with E-state index in [1.54, 1.807) is 23.7 Å². The lowest BCUT2D eigenvalue weighted by atomic mass is 10.3. The Morgan fingerprint density at radius 1 is 1.22 bits per heavy atom. The molecule has 3 heterocycles. The van der Waals surface area contributed by atoms with Crippen LogP contribution in [0.2, 0.25) is 0 Å². The third-order valence-electron chi connectivity index (χ3n) is 3.46. The van der Waals surface area contributed by atoms with Crippen LogP contribution in [-0.2, 0) is 6.54 Å². The number of hydrogen-bond donors (Lipinski definition) is 1. The Balaban J connectivity index is 0.00000192. The standard InChI is InChI=1S/C14H17BrN6S.HI/c15-12-3-2-11(22-12)10-19-13(16)20-6-8-21(9-7-20)14-17-4-1-5-18-14;/h1-5H,6-10H2,(H2,16,19);1H. The van der Waals surface area contributed by atoms with Gasteiger partial charge in [-0.05, 0) is 34.1 Å². The van der Waals surface area contributed by atoms with E-state index in [2.05, 4.69) is 46.8 Å². The molecule has 0 amide bonds. The van der Waals surface area contributed by atoms with E-state index in [9.17, 15) is 0 Å². The van der Waals surface area contributed by atoms with E-state index in [-0.39, 0.29) is 24.0 Å². The highest BCUT2D eigenvalue weighted by atomic mass is 127. The molecule has 3 rings (SSSR count). The molecule has 0 bridgehead atoms. The Kier molecular flexibility index (Phi) is 7.03. The summed E-state index contributed by atoms with van der Waals surface area (Å²) in [6, 6.07) is 5.92. The van der Waals surface area contributed by atoms with Gasteiger partial charge in [-0.2, -0.15) is 0 Å². The summed E-state index contributed by atoms with van der Waals surface area (Å²) in [5, 5.41) is 0. The van der Waals surface area contributed by atoms with Crippen LogP contribution in [0.5, 0.6) is 0 Å². The lowest BCUT2D eigenvalue weighted by molar-refractivity contribution is 0.378. The zero-order valence-corrected chi connectivity index (χ0v) is 17.2. The molecule has 6 nitrogen and oxygen atoms in total. The molecule has 0 aromatic carbocycles. The molecule has 0 radical (unpaired) electrons. The van der Waals surface area contributed by atoms with Crippen LogP contribution in [0.1, 0.15) is 4.88 Å². The van der Waals surface area contributed by atoms with Gasteiger partial charge in [-0.25, -0.2) is 15.0 Å². The number of anilines is 1. The van der Waals surface area contributed by atoms with E-state index >= 15 is 0 Å². The highest BCUT2D eigenvalue weighted by molar-refractivity contribution is 14.0. The van der Waals surface area contributed by atoms with Crippen LogP contribution in [0, 0.1) is 0 Å². The van der Waals surface area contributed by atoms with Crippen LogP contribution in [0.25, 0.3) is 0 Å². The van der Waals surface area contributed by atoms with Crippen LogP contribution in [-0.4, -0.2) is 47.0 Å². The molecule has 0 saturated carbocycles. The summed E-state index contributed by atoms with van der Waals surface area (Å²) in [6.45, 7) is 4.00. The average molecular weight is 509 g/mol. The molecular weight excluding hydrogens is 491 g/mol. The van der Waals surface area contributed by atoms with Crippen molar-refractivity contribution >= 4 is 63.2 Å². The third-order valence-corrected chi connectivity index (χ3v) is 5.07. The molecule has 1 aliphatic heterocycles. The van der Waals surface area contributed by atoms with E-state index in [0.717, 1.165) is 35.9 Å². The molecule has 2 aromatic rings. The second-order valence-corrected chi connectivity index (χ2v) is 7.45. The van der Waals surface area contributed by atoms with E-state index in [1.807, 2.05) is 12.1 Å². The van der Waals surface area contributed by atoms with Crippen molar-refractivity contribution in [2.45, 2.75) is 6.54 Å². The molecular formula is C14H18BrIN6S. The molecule has 0 atom stereocenters. The van der Waals surface area contributed by atoms with Gasteiger partial charge in [-0.15, -0.1) is 35.3 Å². The Hall–Kier alpha value is -0.940. The van der Waals surface area contributed by atoms with Gasteiger partial charge in [-0.3, -0.25) is 0 Å². The van der Waals surface area contributed by atoms with Crippen molar-refractivity contribution in [2.24, 2.45) is 10.7 Å². The smallest absolute Gasteiger partial charge is 0.225 e. The molecule has 2 aromatic heterocycles. The van der Waals surface area contributed by atoms with Crippen LogP contribution in [0.3, 0.4) is 0 Å². The van der Waals surface area contributed by atoms with Crippen molar-refractivity contribution < 1.29 is 0 Å². The molecule has 124 valence electrons. The predicted molar refractivity (Wildman–Crippen MR) is 109 cm³/mol. The van der Waals surface area contributed by atoms with E-state index in [1.165, 1.54) is 4.88 Å². The van der Waals surface area contributed by atoms with Gasteiger partial charge in [0.25, 0.3) is 0 Å². The zero-order chi connectivity index (χ0) is 15.4. The lowest BCUT2D eigenvalue weighted by Gasteiger charge is -2.35. The van der Waals surface area contributed by atoms with Crippen LogP contribution in [0.4, 0.5) is 5.95 Å². The van der Waals surface area contributed by atoms with Gasteiger partial charge in [0.15, 0.2) is 5.96 Å². The number of nitrogens with zero attached hydrogens (tertiary/aromatic N) is 5. The maximum absolute atomic E-state index is 6.11. The van der Waals surface area contributed by atoms with E-state index in [4.69, 9.17) is 5.73 Å². The van der Waals surface area contributed by atoms with E-state index in [0.29, 0.717) is 12.5 Å². The van der Waals surface area contributed by atoms with Crippen molar-refractivity contribution in [3.8, 4) is 0 Å². The topological polar surface area (TPSA) is 70.6 Å². The fourth-order valence-electron chi connectivity index (χ4n) is 2.29. The summed E-state index contributed by atoms with van der Waals surface area (Å²) >= 11 is 5.14. The Morgan fingerprint density at radius 3 is 2.52 bits per heavy atom. The van der Waals surface area contributed by atoms with Crippen LogP contribution in [0.15, 0.2) is 39.4 Å². The first kappa shape index (κ1) is 18.4. The number of guanidine groups is 1. The van der Waals surface area contributed by atoms with Gasteiger partial charge in [0.05, 0.1) is 10.3 Å². The molecule has 1 fully saturated rings. The summed E-state index contributed by atoms with van der Waals surface area (Å²) in [6.07, 6.45) is 3.54. The third kappa shape index (κ3) is 5.01. The van der Waals surface area contributed by atoms with Gasteiger partial charge in [-0.1, -0.05) is 0 Å². The summed E-state index contributed by atoms with van der Waals surface area (Å²) in [5.41, 5.74) is 6.11. The second kappa shape index (κ2) is 8.78. The highest BCUT2D eigenvalue weighted by Crippen LogP contribution is 2.22. The number of thiophene rings is 1. The number of aromatic nitrogens is 2. The van der Waals surface area contributed by atoms with Crippen molar-refractivity contribution in [1.29, 1.82) is 0 Å². The molecule has 0 aliphatic carbocycles. The van der Waals surface area contributed by atoms with Gasteiger partial charge in [0.2, 0.25) is 5.95 Å². The summed E-state index contributed by atoms with van der Waals surface area (Å²) < 4.78 is 1.12. The zero-order valence-electron chi connectivity index (χ0n) is 12.4. The molecule has 9 heteroatoms.